The van der Waals surface area contributed by atoms with Gasteiger partial charge in [0, 0.05) is 18.8 Å². The van der Waals surface area contributed by atoms with Crippen LogP contribution in [0.2, 0.25) is 0 Å². The molecule has 7 nitrogen and oxygen atoms in total. The third kappa shape index (κ3) is 4.26. The summed E-state index contributed by atoms with van der Waals surface area (Å²) in [7, 11) is 0. The van der Waals surface area contributed by atoms with E-state index < -0.39 is 24.2 Å². The predicted octanol–water partition coefficient (Wildman–Crippen LogP) is 2.32. The molecule has 7 heteroatoms. The van der Waals surface area contributed by atoms with E-state index in [1.165, 1.54) is 4.90 Å². The molecule has 1 saturated heterocycles. The molecule has 0 radical (unpaired) electrons. The number of carboxylic acid groups (broad SMARTS) is 1. The van der Waals surface area contributed by atoms with Crippen LogP contribution >= 0.6 is 0 Å². The van der Waals surface area contributed by atoms with Gasteiger partial charge >= 0.3 is 12.1 Å². The Morgan fingerprint density at radius 2 is 1.88 bits per heavy atom. The van der Waals surface area contributed by atoms with Crippen molar-refractivity contribution in [3.05, 3.63) is 60.4 Å². The second kappa shape index (κ2) is 7.65. The number of amides is 1. The third-order valence-corrected chi connectivity index (χ3v) is 3.94. The largest absolute Gasteiger partial charge is 0.488 e. The van der Waals surface area contributed by atoms with Gasteiger partial charge in [-0.25, -0.2) is 9.59 Å². The Labute approximate surface area is 144 Å². The quantitative estimate of drug-likeness (QED) is 0.897. The second-order valence-electron chi connectivity index (χ2n) is 5.71. The molecule has 1 aliphatic heterocycles. The molecule has 2 aromatic rings. The zero-order chi connectivity index (χ0) is 17.6. The minimum Gasteiger partial charge on any atom is -0.488 e. The van der Waals surface area contributed by atoms with E-state index in [1.807, 2.05) is 30.3 Å². The number of pyridine rings is 1. The molecule has 0 aliphatic carbocycles. The number of ether oxygens (including phenoxy) is 2. The number of carboxylic acids is 1. The van der Waals surface area contributed by atoms with Gasteiger partial charge in [0.1, 0.15) is 24.5 Å². The highest BCUT2D eigenvalue weighted by Crippen LogP contribution is 2.24. The molecule has 25 heavy (non-hydrogen) atoms. The van der Waals surface area contributed by atoms with E-state index in [1.54, 1.807) is 24.5 Å². The Hall–Kier alpha value is -3.09. The fourth-order valence-electron chi connectivity index (χ4n) is 2.73. The first-order valence-corrected chi connectivity index (χ1v) is 7.90. The van der Waals surface area contributed by atoms with E-state index in [-0.39, 0.29) is 19.6 Å². The maximum Gasteiger partial charge on any atom is 0.410 e. The van der Waals surface area contributed by atoms with Crippen molar-refractivity contribution < 1.29 is 24.2 Å². The Balaban J connectivity index is 1.62. The van der Waals surface area contributed by atoms with Crippen molar-refractivity contribution in [2.75, 3.05) is 6.54 Å². The van der Waals surface area contributed by atoms with Crippen LogP contribution in [0.1, 0.15) is 12.0 Å². The lowest BCUT2D eigenvalue weighted by Gasteiger charge is -2.20. The van der Waals surface area contributed by atoms with Gasteiger partial charge in [-0.3, -0.25) is 9.88 Å². The molecule has 0 unspecified atom stereocenters. The summed E-state index contributed by atoms with van der Waals surface area (Å²) in [5, 5.41) is 9.39. The number of likely N-dealkylation sites (tertiary alicyclic amines) is 1. The van der Waals surface area contributed by atoms with E-state index in [0.717, 1.165) is 5.56 Å². The fraction of sp³-hybridized carbons (Fsp3) is 0.278. The maximum absolute atomic E-state index is 12.3. The number of aliphatic carboxylic acids is 1. The van der Waals surface area contributed by atoms with Crippen molar-refractivity contribution >= 4 is 12.1 Å². The molecule has 1 aliphatic rings. The summed E-state index contributed by atoms with van der Waals surface area (Å²) in [6.45, 7) is 0.255. The molecule has 2 heterocycles. The van der Waals surface area contributed by atoms with E-state index in [2.05, 4.69) is 4.98 Å². The highest BCUT2D eigenvalue weighted by molar-refractivity contribution is 5.81. The van der Waals surface area contributed by atoms with Crippen LogP contribution in [0.4, 0.5) is 4.79 Å². The summed E-state index contributed by atoms with van der Waals surface area (Å²) >= 11 is 0. The van der Waals surface area contributed by atoms with E-state index in [9.17, 15) is 14.7 Å². The Kier molecular flexibility index (Phi) is 5.13. The lowest BCUT2D eigenvalue weighted by molar-refractivity contribution is -0.141. The monoisotopic (exact) mass is 342 g/mol. The summed E-state index contributed by atoms with van der Waals surface area (Å²) < 4.78 is 11.0. The smallest absolute Gasteiger partial charge is 0.410 e. The lowest BCUT2D eigenvalue weighted by atomic mass is 10.2. The van der Waals surface area contributed by atoms with Crippen LogP contribution < -0.4 is 4.74 Å². The van der Waals surface area contributed by atoms with Crippen LogP contribution in [0.15, 0.2) is 54.9 Å². The van der Waals surface area contributed by atoms with Crippen LogP contribution in [-0.4, -0.2) is 45.7 Å². The van der Waals surface area contributed by atoms with Gasteiger partial charge in [-0.15, -0.1) is 0 Å². The number of aromatic nitrogens is 1. The fourth-order valence-corrected chi connectivity index (χ4v) is 2.73. The van der Waals surface area contributed by atoms with Gasteiger partial charge in [-0.2, -0.15) is 0 Å². The van der Waals surface area contributed by atoms with Crippen LogP contribution in [0.25, 0.3) is 0 Å². The first-order chi connectivity index (χ1) is 12.1. The van der Waals surface area contributed by atoms with Crippen LogP contribution in [0.3, 0.4) is 0 Å². The van der Waals surface area contributed by atoms with Gasteiger partial charge in [-0.05, 0) is 17.7 Å². The Bertz CT molecular complexity index is 723. The molecule has 1 N–H and O–H groups in total. The van der Waals surface area contributed by atoms with Crippen LogP contribution in [0.5, 0.6) is 5.75 Å². The zero-order valence-corrected chi connectivity index (χ0v) is 13.4. The zero-order valence-electron chi connectivity index (χ0n) is 13.4. The molecule has 1 amide bonds. The van der Waals surface area contributed by atoms with Crippen molar-refractivity contribution in [2.24, 2.45) is 0 Å². The summed E-state index contributed by atoms with van der Waals surface area (Å²) in [4.78, 5) is 28.9. The van der Waals surface area contributed by atoms with Crippen molar-refractivity contribution in [3.63, 3.8) is 0 Å². The summed E-state index contributed by atoms with van der Waals surface area (Å²) in [6, 6.07) is 11.6. The topological polar surface area (TPSA) is 89.0 Å². The summed E-state index contributed by atoms with van der Waals surface area (Å²) in [6.07, 6.45) is 2.32. The van der Waals surface area contributed by atoms with Gasteiger partial charge < -0.3 is 14.6 Å². The highest BCUT2D eigenvalue weighted by atomic mass is 16.6. The van der Waals surface area contributed by atoms with Crippen LogP contribution in [-0.2, 0) is 16.1 Å². The summed E-state index contributed by atoms with van der Waals surface area (Å²) in [5.74, 6) is -0.485. The number of carbonyl (C=O) groups is 2. The average Bonchev–Trinajstić information content (AvgIpc) is 3.06. The predicted molar refractivity (Wildman–Crippen MR) is 88.0 cm³/mol. The number of carbonyl (C=O) groups excluding carboxylic acids is 1. The molecular weight excluding hydrogens is 324 g/mol. The van der Waals surface area contributed by atoms with Gasteiger partial charge in [0.15, 0.2) is 0 Å². The Morgan fingerprint density at radius 3 is 2.56 bits per heavy atom. The molecule has 2 atom stereocenters. The summed E-state index contributed by atoms with van der Waals surface area (Å²) in [5.41, 5.74) is 0.839. The SMILES string of the molecule is O=C(O)[C@@H]1C[C@H](Oc2ccncc2)CN1C(=O)OCc1ccccc1. The third-order valence-electron chi connectivity index (χ3n) is 3.94. The molecule has 130 valence electrons. The van der Waals surface area contributed by atoms with E-state index in [4.69, 9.17) is 9.47 Å². The van der Waals surface area contributed by atoms with Gasteiger partial charge in [0.2, 0.25) is 0 Å². The molecule has 1 aromatic carbocycles. The molecule has 0 spiro atoms. The van der Waals surface area contributed by atoms with Crippen molar-refractivity contribution in [3.8, 4) is 5.75 Å². The lowest BCUT2D eigenvalue weighted by Crippen LogP contribution is -2.40. The number of hydrogen-bond acceptors (Lipinski definition) is 5. The minimum atomic E-state index is -1.07. The van der Waals surface area contributed by atoms with Crippen molar-refractivity contribution in [1.82, 2.24) is 9.88 Å². The normalized spacial score (nSPS) is 19.4. The van der Waals surface area contributed by atoms with Crippen molar-refractivity contribution in [2.45, 2.75) is 25.2 Å². The highest BCUT2D eigenvalue weighted by Gasteiger charge is 2.41. The Morgan fingerprint density at radius 1 is 1.16 bits per heavy atom. The van der Waals surface area contributed by atoms with E-state index >= 15 is 0 Å². The van der Waals surface area contributed by atoms with Crippen molar-refractivity contribution in [1.29, 1.82) is 0 Å². The molecular formula is C18H18N2O5. The molecule has 1 fully saturated rings. The molecule has 3 rings (SSSR count). The van der Waals surface area contributed by atoms with E-state index in [0.29, 0.717) is 5.75 Å². The first kappa shape index (κ1) is 16.8. The molecule has 1 aromatic heterocycles. The standard InChI is InChI=1S/C18H18N2O5/c21-17(22)16-10-15(25-14-6-8-19-9-7-14)11-20(16)18(23)24-12-13-4-2-1-3-5-13/h1-9,15-16H,10-12H2,(H,21,22)/t15-,16-/m0/s1. The maximum atomic E-state index is 12.3. The minimum absolute atomic E-state index is 0.0956. The molecule has 0 bridgehead atoms. The van der Waals surface area contributed by atoms with Gasteiger partial charge in [-0.1, -0.05) is 30.3 Å². The number of benzene rings is 1. The average molecular weight is 342 g/mol. The van der Waals surface area contributed by atoms with Gasteiger partial charge in [0.05, 0.1) is 6.54 Å². The molecule has 0 saturated carbocycles. The number of hydrogen-bond donors (Lipinski definition) is 1. The first-order valence-electron chi connectivity index (χ1n) is 7.90. The van der Waals surface area contributed by atoms with Gasteiger partial charge in [0.25, 0.3) is 0 Å². The number of nitrogens with zero attached hydrogens (tertiary/aromatic N) is 2. The second-order valence-corrected chi connectivity index (χ2v) is 5.71. The number of rotatable bonds is 5. The van der Waals surface area contributed by atoms with Crippen LogP contribution in [0, 0.1) is 0 Å².